The average Bonchev–Trinajstić information content (AvgIpc) is 2.91. The minimum Gasteiger partial charge on any atom is -0.495 e. The van der Waals surface area contributed by atoms with Gasteiger partial charge in [-0.1, -0.05) is 24.3 Å². The highest BCUT2D eigenvalue weighted by molar-refractivity contribution is 6.31. The number of aliphatic carboxylic acids is 1. The van der Waals surface area contributed by atoms with Gasteiger partial charge in [-0.3, -0.25) is 4.79 Å². The normalized spacial score (nSPS) is 13.5. The minimum atomic E-state index is -0.891. The highest BCUT2D eigenvalue weighted by Gasteiger charge is 2.22. The molecule has 2 aromatic carbocycles. The first-order chi connectivity index (χ1) is 18.2. The van der Waals surface area contributed by atoms with E-state index in [0.717, 1.165) is 30.0 Å². The van der Waals surface area contributed by atoms with Crippen molar-refractivity contribution < 1.29 is 23.8 Å². The molecular weight excluding hydrogens is 513 g/mol. The Kier molecular flexibility index (Phi) is 10.0. The average molecular weight is 542 g/mol. The van der Waals surface area contributed by atoms with Crippen LogP contribution in [0.4, 0.5) is 21.6 Å². The van der Waals surface area contributed by atoms with Gasteiger partial charge in [-0.2, -0.15) is 0 Å². The van der Waals surface area contributed by atoms with Gasteiger partial charge in [0.05, 0.1) is 23.3 Å². The Balaban J connectivity index is 0.000000599. The Labute approximate surface area is 225 Å². The van der Waals surface area contributed by atoms with E-state index < -0.39 is 11.8 Å². The molecule has 4 rings (SSSR count). The first-order valence-corrected chi connectivity index (χ1v) is 12.2. The van der Waals surface area contributed by atoms with Crippen LogP contribution in [0.25, 0.3) is 10.9 Å². The van der Waals surface area contributed by atoms with Crippen LogP contribution in [0.1, 0.15) is 19.8 Å². The number of aromatic nitrogens is 2. The van der Waals surface area contributed by atoms with Gasteiger partial charge in [0.1, 0.15) is 23.7 Å². The van der Waals surface area contributed by atoms with Gasteiger partial charge in [0, 0.05) is 42.3 Å². The van der Waals surface area contributed by atoms with Crippen LogP contribution in [0, 0.1) is 5.82 Å². The standard InChI is InChI=1S/C23H23ClFN5O2.C4H6O2/c1-3-22(31)30-8-6-14(7-9-30)28-20-11-16-19(12-21(20)32-2)26-13-27-23(16)29-15-4-5-18(25)17(24)10-15;1-2-3-4(5)6/h3-5,10-14,28H,1,6-9H2,2H3,(H,26,27,29);2-3H,1H3,(H,5,6)/b;3-2-. The van der Waals surface area contributed by atoms with Gasteiger partial charge in [0.2, 0.25) is 5.91 Å². The topological polar surface area (TPSA) is 117 Å². The molecule has 1 amide bonds. The number of hydrogen-bond donors (Lipinski definition) is 3. The summed E-state index contributed by atoms with van der Waals surface area (Å²) in [6.07, 6.45) is 6.98. The summed E-state index contributed by atoms with van der Waals surface area (Å²) < 4.78 is 19.1. The number of allylic oxidation sites excluding steroid dienone is 1. The van der Waals surface area contributed by atoms with Crippen LogP contribution >= 0.6 is 11.6 Å². The fourth-order valence-electron chi connectivity index (χ4n) is 3.91. The molecule has 1 aromatic heterocycles. The molecule has 0 unspecified atom stereocenters. The number of carbonyl (C=O) groups is 2. The molecule has 200 valence electrons. The first kappa shape index (κ1) is 28.4. The Morgan fingerprint density at radius 3 is 2.55 bits per heavy atom. The van der Waals surface area contributed by atoms with Crippen molar-refractivity contribution in [1.29, 1.82) is 0 Å². The highest BCUT2D eigenvalue weighted by Crippen LogP contribution is 2.34. The summed E-state index contributed by atoms with van der Waals surface area (Å²) in [5.41, 5.74) is 2.12. The first-order valence-electron chi connectivity index (χ1n) is 11.8. The lowest BCUT2D eigenvalue weighted by molar-refractivity contribution is -0.131. The number of piperidine rings is 1. The number of carboxylic acids is 1. The van der Waals surface area contributed by atoms with Crippen molar-refractivity contribution in [3.05, 3.63) is 72.3 Å². The van der Waals surface area contributed by atoms with Gasteiger partial charge in [-0.15, -0.1) is 0 Å². The van der Waals surface area contributed by atoms with Crippen molar-refractivity contribution in [2.24, 2.45) is 0 Å². The maximum absolute atomic E-state index is 13.5. The predicted octanol–water partition coefficient (Wildman–Crippen LogP) is 5.41. The highest BCUT2D eigenvalue weighted by atomic mass is 35.5. The molecule has 9 nitrogen and oxygen atoms in total. The molecule has 1 fully saturated rings. The van der Waals surface area contributed by atoms with E-state index in [1.54, 1.807) is 25.0 Å². The minimum absolute atomic E-state index is 0.0265. The number of likely N-dealkylation sites (tertiary alicyclic amines) is 1. The molecule has 0 saturated carbocycles. The number of nitrogens with one attached hydrogen (secondary N) is 2. The second-order valence-electron chi connectivity index (χ2n) is 8.33. The van der Waals surface area contributed by atoms with Crippen LogP contribution in [0.15, 0.2) is 61.5 Å². The molecule has 0 atom stereocenters. The summed E-state index contributed by atoms with van der Waals surface area (Å²) in [5, 5.41) is 15.3. The van der Waals surface area contributed by atoms with Gasteiger partial charge in [0.25, 0.3) is 0 Å². The summed E-state index contributed by atoms with van der Waals surface area (Å²) in [4.78, 5) is 31.8. The van der Waals surface area contributed by atoms with Crippen molar-refractivity contribution in [1.82, 2.24) is 14.9 Å². The maximum Gasteiger partial charge on any atom is 0.327 e. The van der Waals surface area contributed by atoms with Crippen LogP contribution < -0.4 is 15.4 Å². The zero-order valence-electron chi connectivity index (χ0n) is 21.1. The van der Waals surface area contributed by atoms with E-state index >= 15 is 0 Å². The third kappa shape index (κ3) is 7.42. The second-order valence-corrected chi connectivity index (χ2v) is 8.74. The maximum atomic E-state index is 13.5. The molecule has 0 aliphatic carbocycles. The van der Waals surface area contributed by atoms with Crippen LogP contribution in [0.5, 0.6) is 5.75 Å². The molecule has 38 heavy (non-hydrogen) atoms. The number of carboxylic acid groups (broad SMARTS) is 1. The molecule has 1 aliphatic rings. The zero-order chi connectivity index (χ0) is 27.7. The van der Waals surface area contributed by atoms with E-state index in [2.05, 4.69) is 27.2 Å². The van der Waals surface area contributed by atoms with Gasteiger partial charge in [-0.25, -0.2) is 19.2 Å². The fourth-order valence-corrected chi connectivity index (χ4v) is 4.09. The van der Waals surface area contributed by atoms with Crippen LogP contribution in [-0.4, -0.2) is 58.1 Å². The molecule has 3 aromatic rings. The van der Waals surface area contributed by atoms with Gasteiger partial charge >= 0.3 is 5.97 Å². The molecule has 0 spiro atoms. The number of methoxy groups -OCH3 is 1. The van der Waals surface area contributed by atoms with Crippen LogP contribution in [-0.2, 0) is 9.59 Å². The fraction of sp³-hybridized carbons (Fsp3) is 0.259. The number of halogens is 2. The van der Waals surface area contributed by atoms with Gasteiger partial charge in [0.15, 0.2) is 0 Å². The summed E-state index contributed by atoms with van der Waals surface area (Å²) in [7, 11) is 1.61. The van der Waals surface area contributed by atoms with Crippen LogP contribution in [0.3, 0.4) is 0 Å². The Morgan fingerprint density at radius 1 is 1.24 bits per heavy atom. The monoisotopic (exact) mass is 541 g/mol. The SMILES string of the molecule is C/C=C\C(=O)O.C=CC(=O)N1CCC(Nc2cc3c(Nc4ccc(F)c(Cl)c4)ncnc3cc2OC)CC1. The van der Waals surface area contributed by atoms with Crippen molar-refractivity contribution in [2.75, 3.05) is 30.8 Å². The van der Waals surface area contributed by atoms with Gasteiger partial charge in [-0.05, 0) is 50.1 Å². The molecule has 1 saturated heterocycles. The lowest BCUT2D eigenvalue weighted by atomic mass is 10.0. The Morgan fingerprint density at radius 2 is 1.97 bits per heavy atom. The quantitative estimate of drug-likeness (QED) is 0.340. The van der Waals surface area contributed by atoms with E-state index in [9.17, 15) is 14.0 Å². The number of fused-ring (bicyclic) bond motifs is 1. The molecule has 0 radical (unpaired) electrons. The smallest absolute Gasteiger partial charge is 0.327 e. The van der Waals surface area contributed by atoms with Crippen LogP contribution in [0.2, 0.25) is 5.02 Å². The van der Waals surface area contributed by atoms with Crippen molar-refractivity contribution in [3.63, 3.8) is 0 Å². The van der Waals surface area contributed by atoms with Crippen molar-refractivity contribution in [2.45, 2.75) is 25.8 Å². The molecule has 11 heteroatoms. The van der Waals surface area contributed by atoms with E-state index in [0.29, 0.717) is 35.9 Å². The summed E-state index contributed by atoms with van der Waals surface area (Å²) >= 11 is 5.91. The molecule has 1 aliphatic heterocycles. The largest absolute Gasteiger partial charge is 0.495 e. The van der Waals surface area contributed by atoms with E-state index in [-0.39, 0.29) is 17.0 Å². The molecular formula is C27H29ClFN5O4. The lowest BCUT2D eigenvalue weighted by Crippen LogP contribution is -2.41. The van der Waals surface area contributed by atoms with E-state index in [1.165, 1.54) is 30.6 Å². The Bertz CT molecular complexity index is 1340. The summed E-state index contributed by atoms with van der Waals surface area (Å²) in [6, 6.07) is 8.36. The van der Waals surface area contributed by atoms with Crippen molar-refractivity contribution >= 4 is 51.6 Å². The second kappa shape index (κ2) is 13.4. The summed E-state index contributed by atoms with van der Waals surface area (Å²) in [6.45, 7) is 6.55. The number of nitrogens with zero attached hydrogens (tertiary/aromatic N) is 3. The number of anilines is 3. The number of rotatable bonds is 7. The predicted molar refractivity (Wildman–Crippen MR) is 147 cm³/mol. The zero-order valence-corrected chi connectivity index (χ0v) is 21.8. The van der Waals surface area contributed by atoms with E-state index in [4.69, 9.17) is 21.4 Å². The molecule has 2 heterocycles. The molecule has 0 bridgehead atoms. The number of ether oxygens (including phenoxy) is 1. The number of amides is 1. The van der Waals surface area contributed by atoms with E-state index in [1.807, 2.05) is 12.1 Å². The summed E-state index contributed by atoms with van der Waals surface area (Å²) in [5.74, 6) is -0.189. The number of carbonyl (C=O) groups excluding carboxylic acids is 1. The van der Waals surface area contributed by atoms with Crippen molar-refractivity contribution in [3.8, 4) is 5.75 Å². The third-order valence-corrected chi connectivity index (χ3v) is 6.08. The number of hydrogen-bond acceptors (Lipinski definition) is 7. The lowest BCUT2D eigenvalue weighted by Gasteiger charge is -2.32. The third-order valence-electron chi connectivity index (χ3n) is 5.79. The van der Waals surface area contributed by atoms with Gasteiger partial charge < -0.3 is 25.4 Å². The molecule has 3 N–H and O–H groups in total. The number of benzene rings is 2. The Hall–Kier alpha value is -4.18.